The zero-order valence-corrected chi connectivity index (χ0v) is 15.0. The van der Waals surface area contributed by atoms with Gasteiger partial charge in [0.2, 0.25) is 0 Å². The monoisotopic (exact) mass is 332 g/mol. The Kier molecular flexibility index (Phi) is 5.08. The molecule has 2 heteroatoms. The van der Waals surface area contributed by atoms with Gasteiger partial charge in [-0.3, -0.25) is 0 Å². The van der Waals surface area contributed by atoms with Crippen LogP contribution in [0.15, 0.2) is 78.9 Å². The summed E-state index contributed by atoms with van der Waals surface area (Å²) in [5.41, 5.74) is 3.71. The van der Waals surface area contributed by atoms with Crippen LogP contribution in [0.4, 0.5) is 0 Å². The summed E-state index contributed by atoms with van der Waals surface area (Å²) in [6, 6.07) is 27.4. The van der Waals surface area contributed by atoms with Crippen LogP contribution in [0.3, 0.4) is 0 Å². The van der Waals surface area contributed by atoms with Crippen molar-refractivity contribution in [3.05, 3.63) is 95.6 Å². The highest BCUT2D eigenvalue weighted by Crippen LogP contribution is 2.37. The summed E-state index contributed by atoms with van der Waals surface area (Å²) in [4.78, 5) is 0. The molecular formula is C23H24O2. The molecule has 0 spiro atoms. The molecule has 2 nitrogen and oxygen atoms in total. The summed E-state index contributed by atoms with van der Waals surface area (Å²) in [5, 5.41) is 0. The number of ether oxygens (including phenoxy) is 2. The molecule has 128 valence electrons. The average molecular weight is 332 g/mol. The minimum Gasteiger partial charge on any atom is -0.497 e. The molecule has 0 radical (unpaired) electrons. The highest BCUT2D eigenvalue weighted by molar-refractivity contribution is 5.44. The van der Waals surface area contributed by atoms with Gasteiger partial charge in [0.25, 0.3) is 0 Å². The molecule has 0 aliphatic carbocycles. The van der Waals surface area contributed by atoms with Crippen LogP contribution in [0.5, 0.6) is 11.5 Å². The minimum absolute atomic E-state index is 0.139. The smallest absolute Gasteiger partial charge is 0.118 e. The zero-order valence-electron chi connectivity index (χ0n) is 15.0. The van der Waals surface area contributed by atoms with Crippen molar-refractivity contribution in [1.29, 1.82) is 0 Å². The van der Waals surface area contributed by atoms with E-state index < -0.39 is 0 Å². The Hall–Kier alpha value is -2.74. The number of hydrogen-bond donors (Lipinski definition) is 0. The van der Waals surface area contributed by atoms with Crippen molar-refractivity contribution in [2.24, 2.45) is 0 Å². The molecular weight excluding hydrogens is 308 g/mol. The number of methoxy groups -OCH3 is 2. The Labute approximate surface area is 150 Å². The maximum Gasteiger partial charge on any atom is 0.118 e. The van der Waals surface area contributed by atoms with Crippen LogP contribution in [-0.2, 0) is 11.8 Å². The van der Waals surface area contributed by atoms with Gasteiger partial charge in [0.1, 0.15) is 11.5 Å². The van der Waals surface area contributed by atoms with E-state index in [1.54, 1.807) is 14.2 Å². The molecule has 3 rings (SSSR count). The topological polar surface area (TPSA) is 18.5 Å². The highest BCUT2D eigenvalue weighted by Gasteiger charge is 2.29. The van der Waals surface area contributed by atoms with Crippen LogP contribution in [0.25, 0.3) is 0 Å². The molecule has 0 aromatic heterocycles. The number of hydrogen-bond acceptors (Lipinski definition) is 2. The van der Waals surface area contributed by atoms with Gasteiger partial charge >= 0.3 is 0 Å². The third-order valence-electron chi connectivity index (χ3n) is 4.85. The first-order chi connectivity index (χ1) is 12.2. The first-order valence-electron chi connectivity index (χ1n) is 8.49. The third kappa shape index (κ3) is 3.69. The molecule has 0 atom stereocenters. The largest absolute Gasteiger partial charge is 0.497 e. The van der Waals surface area contributed by atoms with E-state index in [1.165, 1.54) is 16.7 Å². The summed E-state index contributed by atoms with van der Waals surface area (Å²) in [6.07, 6.45) is 0.923. The molecule has 0 saturated heterocycles. The van der Waals surface area contributed by atoms with E-state index in [0.29, 0.717) is 0 Å². The highest BCUT2D eigenvalue weighted by atomic mass is 16.5. The fraction of sp³-hybridized carbons (Fsp3) is 0.217. The van der Waals surface area contributed by atoms with Crippen LogP contribution in [-0.4, -0.2) is 14.2 Å². The fourth-order valence-corrected chi connectivity index (χ4v) is 3.29. The zero-order chi connectivity index (χ0) is 17.7. The molecule has 25 heavy (non-hydrogen) atoms. The predicted octanol–water partition coefficient (Wildman–Crippen LogP) is 5.25. The summed E-state index contributed by atoms with van der Waals surface area (Å²) >= 11 is 0. The van der Waals surface area contributed by atoms with Gasteiger partial charge in [-0.1, -0.05) is 61.5 Å². The summed E-state index contributed by atoms with van der Waals surface area (Å²) in [5.74, 6) is 1.75. The molecule has 0 unspecified atom stereocenters. The van der Waals surface area contributed by atoms with Gasteiger partial charge < -0.3 is 9.47 Å². The molecule has 0 saturated carbocycles. The Balaban J connectivity index is 2.05. The lowest BCUT2D eigenvalue weighted by Gasteiger charge is -2.31. The lowest BCUT2D eigenvalue weighted by molar-refractivity contribution is 0.413. The molecule has 0 aliphatic rings. The van der Waals surface area contributed by atoms with E-state index in [9.17, 15) is 0 Å². The summed E-state index contributed by atoms with van der Waals surface area (Å²) in [6.45, 7) is 2.30. The van der Waals surface area contributed by atoms with Gasteiger partial charge in [-0.15, -0.1) is 0 Å². The van der Waals surface area contributed by atoms with E-state index in [2.05, 4.69) is 61.5 Å². The number of benzene rings is 3. The van der Waals surface area contributed by atoms with Crippen molar-refractivity contribution >= 4 is 0 Å². The van der Waals surface area contributed by atoms with E-state index in [-0.39, 0.29) is 5.41 Å². The lowest BCUT2D eigenvalue weighted by atomic mass is 9.72. The summed E-state index contributed by atoms with van der Waals surface area (Å²) in [7, 11) is 3.39. The van der Waals surface area contributed by atoms with Crippen LogP contribution in [0, 0.1) is 0 Å². The van der Waals surface area contributed by atoms with Crippen molar-refractivity contribution in [2.75, 3.05) is 14.2 Å². The quantitative estimate of drug-likeness (QED) is 0.613. The fourth-order valence-electron chi connectivity index (χ4n) is 3.29. The average Bonchev–Trinajstić information content (AvgIpc) is 2.69. The second-order valence-electron chi connectivity index (χ2n) is 6.45. The van der Waals surface area contributed by atoms with Crippen LogP contribution >= 0.6 is 0 Å². The Morgan fingerprint density at radius 3 is 1.48 bits per heavy atom. The van der Waals surface area contributed by atoms with Gasteiger partial charge in [-0.25, -0.2) is 0 Å². The molecule has 0 heterocycles. The van der Waals surface area contributed by atoms with Gasteiger partial charge in [0, 0.05) is 5.41 Å². The maximum atomic E-state index is 5.32. The van der Waals surface area contributed by atoms with Crippen LogP contribution in [0.2, 0.25) is 0 Å². The standard InChI is InChI=1S/C23H24O2/c1-23(17-18-7-5-4-6-8-18,19-9-13-21(24-2)14-10-19)20-11-15-22(25-3)16-12-20/h4-16H,17H2,1-3H3. The number of rotatable bonds is 6. The molecule has 0 amide bonds. The second kappa shape index (κ2) is 7.43. The molecule has 0 aliphatic heterocycles. The minimum atomic E-state index is -0.139. The molecule has 0 bridgehead atoms. The van der Waals surface area contributed by atoms with Crippen molar-refractivity contribution in [3.63, 3.8) is 0 Å². The Morgan fingerprint density at radius 1 is 0.640 bits per heavy atom. The lowest BCUT2D eigenvalue weighted by Crippen LogP contribution is -2.26. The van der Waals surface area contributed by atoms with E-state index in [1.807, 2.05) is 24.3 Å². The molecule has 3 aromatic rings. The van der Waals surface area contributed by atoms with Gasteiger partial charge in [-0.2, -0.15) is 0 Å². The summed E-state index contributed by atoms with van der Waals surface area (Å²) < 4.78 is 10.6. The Bertz CT molecular complexity index is 742. The molecule has 0 N–H and O–H groups in total. The first-order valence-corrected chi connectivity index (χ1v) is 8.49. The van der Waals surface area contributed by atoms with Crippen molar-refractivity contribution < 1.29 is 9.47 Å². The van der Waals surface area contributed by atoms with Crippen molar-refractivity contribution in [2.45, 2.75) is 18.8 Å². The van der Waals surface area contributed by atoms with E-state index >= 15 is 0 Å². The van der Waals surface area contributed by atoms with Gasteiger partial charge in [0.05, 0.1) is 14.2 Å². The first kappa shape index (κ1) is 17.1. The molecule has 0 fully saturated rings. The SMILES string of the molecule is COc1ccc(C(C)(Cc2ccccc2)c2ccc(OC)cc2)cc1. The van der Waals surface area contributed by atoms with E-state index in [4.69, 9.17) is 9.47 Å². The maximum absolute atomic E-state index is 5.32. The van der Waals surface area contributed by atoms with Crippen LogP contribution < -0.4 is 9.47 Å². The third-order valence-corrected chi connectivity index (χ3v) is 4.85. The molecule has 3 aromatic carbocycles. The van der Waals surface area contributed by atoms with Crippen molar-refractivity contribution in [1.82, 2.24) is 0 Å². The normalized spacial score (nSPS) is 11.2. The predicted molar refractivity (Wildman–Crippen MR) is 103 cm³/mol. The van der Waals surface area contributed by atoms with Gasteiger partial charge in [0.15, 0.2) is 0 Å². The van der Waals surface area contributed by atoms with E-state index in [0.717, 1.165) is 17.9 Å². The van der Waals surface area contributed by atoms with Gasteiger partial charge in [-0.05, 0) is 47.4 Å². The van der Waals surface area contributed by atoms with Crippen LogP contribution in [0.1, 0.15) is 23.6 Å². The Morgan fingerprint density at radius 2 is 1.08 bits per heavy atom. The second-order valence-corrected chi connectivity index (χ2v) is 6.45. The van der Waals surface area contributed by atoms with Crippen molar-refractivity contribution in [3.8, 4) is 11.5 Å².